The first kappa shape index (κ1) is 12.3. The fourth-order valence-corrected chi connectivity index (χ4v) is 2.26. The normalized spacial score (nSPS) is 18.5. The molecule has 0 spiro atoms. The van der Waals surface area contributed by atoms with E-state index in [1.807, 2.05) is 0 Å². The number of anilines is 1. The molecule has 0 saturated carbocycles. The molecule has 1 unspecified atom stereocenters. The third-order valence-corrected chi connectivity index (χ3v) is 3.24. The minimum absolute atomic E-state index is 0.0132. The topological polar surface area (TPSA) is 101 Å². The zero-order valence-corrected chi connectivity index (χ0v) is 10.4. The number of benzene rings is 1. The molecule has 0 radical (unpaired) electrons. The number of hydrogen-bond acceptors (Lipinski definition) is 5. The molecule has 2 heterocycles. The van der Waals surface area contributed by atoms with Gasteiger partial charge in [0.1, 0.15) is 6.33 Å². The smallest absolute Gasteiger partial charge is 0.308 e. The van der Waals surface area contributed by atoms with Crippen LogP contribution in [0.4, 0.5) is 5.69 Å². The molecule has 0 bridgehead atoms. The van der Waals surface area contributed by atoms with Gasteiger partial charge in [0.05, 0.1) is 17.3 Å². The van der Waals surface area contributed by atoms with E-state index in [0.717, 1.165) is 0 Å². The summed E-state index contributed by atoms with van der Waals surface area (Å²) in [6, 6.07) is 7.10. The second kappa shape index (κ2) is 4.72. The summed E-state index contributed by atoms with van der Waals surface area (Å²) in [6.07, 6.45) is 1.44. The van der Waals surface area contributed by atoms with E-state index in [1.165, 1.54) is 15.9 Å². The number of carboxylic acid groups (broad SMARTS) is 1. The molecule has 2 aromatic rings. The summed E-state index contributed by atoms with van der Waals surface area (Å²) in [6.45, 7) is 0.160. The van der Waals surface area contributed by atoms with Gasteiger partial charge in [-0.3, -0.25) is 9.59 Å². The summed E-state index contributed by atoms with van der Waals surface area (Å²) in [5.41, 5.74) is 1.24. The van der Waals surface area contributed by atoms with Crippen LogP contribution < -0.4 is 4.90 Å². The van der Waals surface area contributed by atoms with Crippen molar-refractivity contribution in [3.05, 3.63) is 30.6 Å². The molecule has 1 saturated heterocycles. The van der Waals surface area contributed by atoms with Crippen LogP contribution >= 0.6 is 0 Å². The second-order valence-corrected chi connectivity index (χ2v) is 4.49. The van der Waals surface area contributed by atoms with Crippen LogP contribution in [0.5, 0.6) is 0 Å². The molecular formula is C12H11N5O3. The SMILES string of the molecule is O=C(O)C1CC(=O)N(c2ccccc2-n2cnnn2)C1. The lowest BCUT2D eigenvalue weighted by atomic mass is 10.1. The Labute approximate surface area is 113 Å². The summed E-state index contributed by atoms with van der Waals surface area (Å²) < 4.78 is 1.44. The molecule has 20 heavy (non-hydrogen) atoms. The quantitative estimate of drug-likeness (QED) is 0.851. The van der Waals surface area contributed by atoms with Gasteiger partial charge in [0.25, 0.3) is 0 Å². The first-order chi connectivity index (χ1) is 9.66. The van der Waals surface area contributed by atoms with Crippen molar-refractivity contribution in [2.75, 3.05) is 11.4 Å². The van der Waals surface area contributed by atoms with Gasteiger partial charge in [-0.2, -0.15) is 4.68 Å². The molecule has 1 aliphatic heterocycles. The van der Waals surface area contributed by atoms with Gasteiger partial charge in [-0.05, 0) is 22.6 Å². The summed E-state index contributed by atoms with van der Waals surface area (Å²) in [7, 11) is 0. The molecular weight excluding hydrogens is 262 g/mol. The van der Waals surface area contributed by atoms with Gasteiger partial charge in [-0.1, -0.05) is 12.1 Å². The third-order valence-electron chi connectivity index (χ3n) is 3.24. The Morgan fingerprint density at radius 1 is 1.30 bits per heavy atom. The molecule has 1 atom stereocenters. The Hall–Kier alpha value is -2.77. The summed E-state index contributed by atoms with van der Waals surface area (Å²) in [5.74, 6) is -1.84. The minimum Gasteiger partial charge on any atom is -0.481 e. The van der Waals surface area contributed by atoms with Crippen LogP contribution in [-0.2, 0) is 9.59 Å². The number of carboxylic acids is 1. The van der Waals surface area contributed by atoms with Crippen molar-refractivity contribution in [1.82, 2.24) is 20.2 Å². The Morgan fingerprint density at radius 3 is 2.65 bits per heavy atom. The van der Waals surface area contributed by atoms with Crippen molar-refractivity contribution in [2.24, 2.45) is 5.92 Å². The molecule has 1 aliphatic rings. The average Bonchev–Trinajstić information content (AvgIpc) is 3.08. The first-order valence-corrected chi connectivity index (χ1v) is 6.02. The van der Waals surface area contributed by atoms with Crippen LogP contribution in [0.25, 0.3) is 5.69 Å². The van der Waals surface area contributed by atoms with E-state index in [1.54, 1.807) is 24.3 Å². The van der Waals surface area contributed by atoms with E-state index in [9.17, 15) is 9.59 Å². The molecule has 3 rings (SSSR count). The fraction of sp³-hybridized carbons (Fsp3) is 0.250. The highest BCUT2D eigenvalue weighted by Crippen LogP contribution is 2.29. The lowest BCUT2D eigenvalue weighted by Gasteiger charge is -2.19. The first-order valence-electron chi connectivity index (χ1n) is 6.02. The summed E-state index contributed by atoms with van der Waals surface area (Å²) in [4.78, 5) is 24.5. The maximum Gasteiger partial charge on any atom is 0.308 e. The van der Waals surface area contributed by atoms with Crippen molar-refractivity contribution in [2.45, 2.75) is 6.42 Å². The zero-order valence-electron chi connectivity index (χ0n) is 10.4. The number of tetrazole rings is 1. The van der Waals surface area contributed by atoms with Gasteiger partial charge >= 0.3 is 5.97 Å². The highest BCUT2D eigenvalue weighted by Gasteiger charge is 2.36. The standard InChI is InChI=1S/C12H11N5O3/c18-11-5-8(12(19)20)6-16(11)9-3-1-2-4-10(9)17-7-13-14-15-17/h1-4,7-8H,5-6H2,(H,19,20). The zero-order chi connectivity index (χ0) is 14.1. The van der Waals surface area contributed by atoms with E-state index in [-0.39, 0.29) is 18.9 Å². The third kappa shape index (κ3) is 2.00. The highest BCUT2D eigenvalue weighted by atomic mass is 16.4. The van der Waals surface area contributed by atoms with Crippen LogP contribution in [0, 0.1) is 5.92 Å². The number of nitrogens with zero attached hydrogens (tertiary/aromatic N) is 5. The maximum atomic E-state index is 12.0. The van der Waals surface area contributed by atoms with E-state index in [0.29, 0.717) is 11.4 Å². The average molecular weight is 273 g/mol. The number of hydrogen-bond donors (Lipinski definition) is 1. The number of aromatic nitrogens is 4. The van der Waals surface area contributed by atoms with Gasteiger partial charge in [-0.25, -0.2) is 0 Å². The lowest BCUT2D eigenvalue weighted by Crippen LogP contribution is -2.27. The van der Waals surface area contributed by atoms with Crippen LogP contribution in [0.1, 0.15) is 6.42 Å². The molecule has 1 aromatic carbocycles. The van der Waals surface area contributed by atoms with Gasteiger partial charge in [0.2, 0.25) is 5.91 Å². The van der Waals surface area contributed by atoms with Crippen LogP contribution in [0.15, 0.2) is 30.6 Å². The fourth-order valence-electron chi connectivity index (χ4n) is 2.26. The molecule has 1 N–H and O–H groups in total. The number of rotatable bonds is 3. The van der Waals surface area contributed by atoms with Gasteiger partial charge < -0.3 is 10.0 Å². The van der Waals surface area contributed by atoms with Gasteiger partial charge in [0, 0.05) is 13.0 Å². The van der Waals surface area contributed by atoms with Crippen molar-refractivity contribution in [1.29, 1.82) is 0 Å². The maximum absolute atomic E-state index is 12.0. The molecule has 1 aromatic heterocycles. The molecule has 102 valence electrons. The Balaban J connectivity index is 1.99. The van der Waals surface area contributed by atoms with Gasteiger partial charge in [0.15, 0.2) is 0 Å². The van der Waals surface area contributed by atoms with Crippen molar-refractivity contribution < 1.29 is 14.7 Å². The lowest BCUT2D eigenvalue weighted by molar-refractivity contribution is -0.141. The monoisotopic (exact) mass is 273 g/mol. The Morgan fingerprint density at radius 2 is 2.05 bits per heavy atom. The molecule has 8 nitrogen and oxygen atoms in total. The molecule has 8 heteroatoms. The van der Waals surface area contributed by atoms with E-state index in [2.05, 4.69) is 15.5 Å². The number of carbonyl (C=O) groups excluding carboxylic acids is 1. The van der Waals surface area contributed by atoms with Crippen molar-refractivity contribution >= 4 is 17.6 Å². The Kier molecular flexibility index (Phi) is 2.90. The number of aliphatic carboxylic acids is 1. The molecule has 0 aliphatic carbocycles. The number of carbonyl (C=O) groups is 2. The van der Waals surface area contributed by atoms with Crippen LogP contribution in [0.3, 0.4) is 0 Å². The predicted octanol–water partition coefficient (Wildman–Crippen LogP) is 0.0998. The minimum atomic E-state index is -0.958. The van der Waals surface area contributed by atoms with E-state index >= 15 is 0 Å². The van der Waals surface area contributed by atoms with Crippen molar-refractivity contribution in [3.63, 3.8) is 0 Å². The number of amides is 1. The van der Waals surface area contributed by atoms with Crippen LogP contribution in [-0.4, -0.2) is 43.7 Å². The van der Waals surface area contributed by atoms with Crippen LogP contribution in [0.2, 0.25) is 0 Å². The molecule has 1 fully saturated rings. The number of para-hydroxylation sites is 2. The highest BCUT2D eigenvalue weighted by molar-refractivity contribution is 6.00. The molecule has 1 amide bonds. The predicted molar refractivity (Wildman–Crippen MR) is 67.2 cm³/mol. The van der Waals surface area contributed by atoms with Gasteiger partial charge in [-0.15, -0.1) is 5.10 Å². The largest absolute Gasteiger partial charge is 0.481 e. The summed E-state index contributed by atoms with van der Waals surface area (Å²) >= 11 is 0. The van der Waals surface area contributed by atoms with Crippen molar-refractivity contribution in [3.8, 4) is 5.69 Å². The summed E-state index contributed by atoms with van der Waals surface area (Å²) in [5, 5.41) is 20.0. The van der Waals surface area contributed by atoms with E-state index in [4.69, 9.17) is 5.11 Å². The van der Waals surface area contributed by atoms with E-state index < -0.39 is 11.9 Å². The second-order valence-electron chi connectivity index (χ2n) is 4.49. The Bertz CT molecular complexity index is 655.